The molecule has 1 aromatic rings. The van der Waals surface area contributed by atoms with E-state index in [9.17, 15) is 19.7 Å². The first kappa shape index (κ1) is 22.0. The lowest BCUT2D eigenvalue weighted by Crippen LogP contribution is -2.31. The van der Waals surface area contributed by atoms with Crippen molar-refractivity contribution in [2.45, 2.75) is 64.5 Å². The first-order valence-corrected chi connectivity index (χ1v) is 10.2. The highest BCUT2D eigenvalue weighted by molar-refractivity contribution is 5.91. The summed E-state index contributed by atoms with van der Waals surface area (Å²) in [6, 6.07) is 3.12. The molecule has 0 aromatic heterocycles. The molecule has 2 aliphatic carbocycles. The summed E-state index contributed by atoms with van der Waals surface area (Å²) in [5, 5.41) is 23.0. The lowest BCUT2D eigenvalue weighted by Gasteiger charge is -2.29. The fraction of sp³-hybridized carbons (Fsp3) is 0.619. The van der Waals surface area contributed by atoms with Crippen LogP contribution in [0, 0.1) is 27.4 Å². The van der Waals surface area contributed by atoms with E-state index < -0.39 is 28.4 Å². The highest BCUT2D eigenvalue weighted by Crippen LogP contribution is 2.70. The molecular formula is C21H29N3O6. The van der Waals surface area contributed by atoms with Gasteiger partial charge in [-0.3, -0.25) is 19.7 Å². The molecule has 0 heterocycles. The SMILES string of the molecule is CC1CCC2C(C)(C)C2(Oc2cc(NC(=O)CC[C@H](N)C(=O)O)ccc2[N+](=O)[O-])C1. The molecule has 3 rings (SSSR count). The highest BCUT2D eigenvalue weighted by Gasteiger charge is 2.74. The van der Waals surface area contributed by atoms with Crippen LogP contribution in [0.25, 0.3) is 0 Å². The van der Waals surface area contributed by atoms with Gasteiger partial charge in [-0.25, -0.2) is 0 Å². The van der Waals surface area contributed by atoms with E-state index in [1.807, 2.05) is 0 Å². The minimum Gasteiger partial charge on any atom is -0.480 e. The van der Waals surface area contributed by atoms with Crippen LogP contribution in [-0.4, -0.2) is 33.5 Å². The first-order valence-electron chi connectivity index (χ1n) is 10.2. The van der Waals surface area contributed by atoms with E-state index in [4.69, 9.17) is 15.6 Å². The number of nitrogens with zero attached hydrogens (tertiary/aromatic N) is 1. The molecule has 30 heavy (non-hydrogen) atoms. The number of rotatable bonds is 8. The number of nitrogens with two attached hydrogens (primary N) is 1. The molecule has 2 aliphatic rings. The van der Waals surface area contributed by atoms with Gasteiger partial charge in [0.2, 0.25) is 5.91 Å². The number of carbonyl (C=O) groups is 2. The summed E-state index contributed by atoms with van der Waals surface area (Å²) >= 11 is 0. The van der Waals surface area contributed by atoms with Gasteiger partial charge >= 0.3 is 11.7 Å². The van der Waals surface area contributed by atoms with Crippen molar-refractivity contribution >= 4 is 23.3 Å². The summed E-state index contributed by atoms with van der Waals surface area (Å²) in [6.07, 6.45) is 2.91. The minimum absolute atomic E-state index is 0.00558. The van der Waals surface area contributed by atoms with Crippen LogP contribution < -0.4 is 15.8 Å². The second-order valence-corrected chi connectivity index (χ2v) is 9.12. The predicted molar refractivity (Wildman–Crippen MR) is 110 cm³/mol. The van der Waals surface area contributed by atoms with Crippen molar-refractivity contribution in [1.29, 1.82) is 0 Å². The molecule has 0 aliphatic heterocycles. The molecule has 0 bridgehead atoms. The number of carbonyl (C=O) groups excluding carboxylic acids is 1. The zero-order valence-electron chi connectivity index (χ0n) is 17.5. The van der Waals surface area contributed by atoms with Gasteiger partial charge in [0.25, 0.3) is 0 Å². The molecule has 2 fully saturated rings. The van der Waals surface area contributed by atoms with Crippen LogP contribution in [-0.2, 0) is 9.59 Å². The van der Waals surface area contributed by atoms with Gasteiger partial charge in [0, 0.05) is 35.6 Å². The molecule has 4 atom stereocenters. The number of nitro groups is 1. The van der Waals surface area contributed by atoms with Crippen LogP contribution in [0.1, 0.15) is 52.9 Å². The number of nitro benzene ring substituents is 1. The van der Waals surface area contributed by atoms with Gasteiger partial charge in [-0.1, -0.05) is 27.2 Å². The molecule has 164 valence electrons. The Morgan fingerprint density at radius 2 is 2.10 bits per heavy atom. The molecule has 0 spiro atoms. The average Bonchev–Trinajstić information content (AvgIpc) is 3.12. The Morgan fingerprint density at radius 3 is 2.73 bits per heavy atom. The summed E-state index contributed by atoms with van der Waals surface area (Å²) in [5.41, 5.74) is 5.13. The number of fused-ring (bicyclic) bond motifs is 1. The predicted octanol–water partition coefficient (Wildman–Crippen LogP) is 3.32. The zero-order valence-corrected chi connectivity index (χ0v) is 17.5. The van der Waals surface area contributed by atoms with Crippen molar-refractivity contribution in [2.75, 3.05) is 5.32 Å². The van der Waals surface area contributed by atoms with Gasteiger partial charge in [-0.05, 0) is 31.2 Å². The molecule has 3 unspecified atom stereocenters. The first-order chi connectivity index (χ1) is 14.0. The largest absolute Gasteiger partial charge is 0.480 e. The van der Waals surface area contributed by atoms with Gasteiger partial charge in [-0.15, -0.1) is 0 Å². The number of amides is 1. The number of benzene rings is 1. The summed E-state index contributed by atoms with van der Waals surface area (Å²) in [5.74, 6) is -0.623. The third-order valence-corrected chi connectivity index (χ3v) is 6.77. The quantitative estimate of drug-likeness (QED) is 0.433. The van der Waals surface area contributed by atoms with Crippen molar-refractivity contribution in [3.63, 3.8) is 0 Å². The smallest absolute Gasteiger partial charge is 0.320 e. The molecule has 0 saturated heterocycles. The Balaban J connectivity index is 1.78. The fourth-order valence-corrected chi connectivity index (χ4v) is 4.89. The molecule has 9 nitrogen and oxygen atoms in total. The van der Waals surface area contributed by atoms with Crippen LogP contribution in [0.5, 0.6) is 5.75 Å². The highest BCUT2D eigenvalue weighted by atomic mass is 16.6. The van der Waals surface area contributed by atoms with Gasteiger partial charge in [0.1, 0.15) is 11.6 Å². The number of aliphatic carboxylic acids is 1. The number of carboxylic acid groups (broad SMARTS) is 1. The molecule has 2 saturated carbocycles. The Hall–Kier alpha value is -2.68. The Bertz CT molecular complexity index is 870. The molecule has 0 radical (unpaired) electrons. The van der Waals surface area contributed by atoms with Crippen LogP contribution >= 0.6 is 0 Å². The fourth-order valence-electron chi connectivity index (χ4n) is 4.89. The summed E-state index contributed by atoms with van der Waals surface area (Å²) < 4.78 is 6.36. The van der Waals surface area contributed by atoms with Gasteiger partial charge in [-0.2, -0.15) is 0 Å². The number of hydrogen-bond acceptors (Lipinski definition) is 6. The van der Waals surface area contributed by atoms with E-state index in [1.54, 1.807) is 0 Å². The van der Waals surface area contributed by atoms with E-state index in [1.165, 1.54) is 18.2 Å². The van der Waals surface area contributed by atoms with Crippen molar-refractivity contribution in [2.24, 2.45) is 23.0 Å². The van der Waals surface area contributed by atoms with Crippen molar-refractivity contribution in [3.05, 3.63) is 28.3 Å². The molecule has 1 amide bonds. The normalized spacial score (nSPS) is 27.5. The van der Waals surface area contributed by atoms with E-state index in [0.717, 1.165) is 19.3 Å². The zero-order chi connectivity index (χ0) is 22.3. The number of carboxylic acids is 1. The monoisotopic (exact) mass is 419 g/mol. The number of hydrogen-bond donors (Lipinski definition) is 3. The summed E-state index contributed by atoms with van der Waals surface area (Å²) in [6.45, 7) is 6.44. The standard InChI is InChI=1S/C21H29N3O6/c1-12-4-8-17-20(2,3)21(17,11-12)30-16-10-13(5-7-15(16)24(28)29)23-18(25)9-6-14(22)19(26)27/h5,7,10,12,14,17H,4,6,8-9,11,22H2,1-3H3,(H,23,25)(H,26,27)/t12?,14-,17?,21?/m0/s1. The lowest BCUT2D eigenvalue weighted by molar-refractivity contribution is -0.386. The van der Waals surface area contributed by atoms with Crippen LogP contribution in [0.15, 0.2) is 18.2 Å². The third-order valence-electron chi connectivity index (χ3n) is 6.77. The second kappa shape index (κ2) is 7.86. The number of anilines is 1. The molecular weight excluding hydrogens is 390 g/mol. The van der Waals surface area contributed by atoms with Gasteiger partial charge < -0.3 is 20.9 Å². The van der Waals surface area contributed by atoms with Crippen LogP contribution in [0.3, 0.4) is 0 Å². The maximum absolute atomic E-state index is 12.1. The maximum atomic E-state index is 12.1. The van der Waals surface area contributed by atoms with Gasteiger partial charge in [0.15, 0.2) is 5.75 Å². The minimum atomic E-state index is -1.17. The van der Waals surface area contributed by atoms with E-state index in [-0.39, 0.29) is 29.7 Å². The van der Waals surface area contributed by atoms with E-state index >= 15 is 0 Å². The molecule has 4 N–H and O–H groups in total. The Kier molecular flexibility index (Phi) is 5.77. The Morgan fingerprint density at radius 1 is 1.40 bits per heavy atom. The molecule has 1 aromatic carbocycles. The summed E-state index contributed by atoms with van der Waals surface area (Å²) in [4.78, 5) is 34.0. The van der Waals surface area contributed by atoms with Gasteiger partial charge in [0.05, 0.1) is 4.92 Å². The van der Waals surface area contributed by atoms with Crippen molar-refractivity contribution in [1.82, 2.24) is 0 Å². The van der Waals surface area contributed by atoms with E-state index in [0.29, 0.717) is 17.5 Å². The molecule has 9 heteroatoms. The maximum Gasteiger partial charge on any atom is 0.320 e. The van der Waals surface area contributed by atoms with Crippen molar-refractivity contribution < 1.29 is 24.4 Å². The topological polar surface area (TPSA) is 145 Å². The third kappa shape index (κ3) is 3.98. The number of ether oxygens (including phenoxy) is 1. The van der Waals surface area contributed by atoms with Crippen LogP contribution in [0.2, 0.25) is 0 Å². The average molecular weight is 419 g/mol. The number of nitrogens with one attached hydrogen (secondary N) is 1. The summed E-state index contributed by atoms with van der Waals surface area (Å²) in [7, 11) is 0. The second-order valence-electron chi connectivity index (χ2n) is 9.12. The van der Waals surface area contributed by atoms with Crippen LogP contribution in [0.4, 0.5) is 11.4 Å². The Labute approximate surface area is 175 Å². The van der Waals surface area contributed by atoms with Crippen molar-refractivity contribution in [3.8, 4) is 5.75 Å². The lowest BCUT2D eigenvalue weighted by atomic mass is 9.88. The van der Waals surface area contributed by atoms with E-state index in [2.05, 4.69) is 26.1 Å².